The molecule has 0 spiro atoms. The highest BCUT2D eigenvalue weighted by Gasteiger charge is 2.26. The number of hydrogen-bond acceptors (Lipinski definition) is 4. The predicted molar refractivity (Wildman–Crippen MR) is 85.7 cm³/mol. The van der Waals surface area contributed by atoms with E-state index in [-0.39, 0.29) is 10.6 Å². The van der Waals surface area contributed by atoms with Crippen molar-refractivity contribution in [1.29, 1.82) is 0 Å². The van der Waals surface area contributed by atoms with Crippen LogP contribution in [0.2, 0.25) is 0 Å². The van der Waals surface area contributed by atoms with Gasteiger partial charge in [-0.05, 0) is 30.2 Å². The molecular weight excluding hydrogens is 280 g/mol. The Morgan fingerprint density at radius 3 is 2.59 bits per heavy atom. The van der Waals surface area contributed by atoms with Gasteiger partial charge < -0.3 is 9.64 Å². The molecule has 5 nitrogen and oxygen atoms in total. The number of benzene rings is 2. The molecule has 0 amide bonds. The topological polar surface area (TPSA) is 55.6 Å². The Balaban J connectivity index is 1.76. The van der Waals surface area contributed by atoms with Gasteiger partial charge in [0.05, 0.1) is 12.0 Å². The summed E-state index contributed by atoms with van der Waals surface area (Å²) in [5.74, 6) is 1.35. The van der Waals surface area contributed by atoms with E-state index in [0.717, 1.165) is 30.9 Å². The number of nitrogens with zero attached hydrogens (tertiary/aromatic N) is 2. The summed E-state index contributed by atoms with van der Waals surface area (Å²) in [6.45, 7) is 1.85. The number of non-ortho nitro benzene ring substituents is 1. The van der Waals surface area contributed by atoms with E-state index in [0.29, 0.717) is 5.92 Å². The van der Waals surface area contributed by atoms with E-state index >= 15 is 0 Å². The Morgan fingerprint density at radius 2 is 1.91 bits per heavy atom. The Hall–Kier alpha value is -2.56. The molecule has 3 rings (SSSR count). The van der Waals surface area contributed by atoms with Gasteiger partial charge in [0.1, 0.15) is 5.75 Å². The average Bonchev–Trinajstić information content (AvgIpc) is 3.04. The van der Waals surface area contributed by atoms with Crippen molar-refractivity contribution in [1.82, 2.24) is 0 Å². The van der Waals surface area contributed by atoms with Crippen LogP contribution in [0.25, 0.3) is 0 Å². The third-order valence-corrected chi connectivity index (χ3v) is 4.19. The standard InChI is InChI=1S/C17H18N2O3/c1-22-17-5-3-2-4-16(17)13-10-11-18(12-13)14-6-8-15(9-7-14)19(20)21/h2-9,13H,10-12H2,1H3. The van der Waals surface area contributed by atoms with Gasteiger partial charge in [0.25, 0.3) is 5.69 Å². The maximum atomic E-state index is 10.7. The lowest BCUT2D eigenvalue weighted by atomic mass is 9.97. The summed E-state index contributed by atoms with van der Waals surface area (Å²) in [4.78, 5) is 12.6. The van der Waals surface area contributed by atoms with Crippen molar-refractivity contribution in [2.24, 2.45) is 0 Å². The molecule has 5 heteroatoms. The van der Waals surface area contributed by atoms with Crippen LogP contribution < -0.4 is 9.64 Å². The van der Waals surface area contributed by atoms with Gasteiger partial charge in [-0.3, -0.25) is 10.1 Å². The van der Waals surface area contributed by atoms with Crippen LogP contribution in [0.3, 0.4) is 0 Å². The van der Waals surface area contributed by atoms with Crippen LogP contribution in [0.4, 0.5) is 11.4 Å². The van der Waals surface area contributed by atoms with Gasteiger partial charge in [-0.2, -0.15) is 0 Å². The van der Waals surface area contributed by atoms with Gasteiger partial charge in [-0.25, -0.2) is 0 Å². The number of rotatable bonds is 4. The minimum Gasteiger partial charge on any atom is -0.496 e. The molecule has 0 saturated carbocycles. The van der Waals surface area contributed by atoms with Crippen LogP contribution in [-0.4, -0.2) is 25.1 Å². The summed E-state index contributed by atoms with van der Waals surface area (Å²) in [5.41, 5.74) is 2.39. The summed E-state index contributed by atoms with van der Waals surface area (Å²) in [6, 6.07) is 14.9. The molecule has 22 heavy (non-hydrogen) atoms. The van der Waals surface area contributed by atoms with Crippen LogP contribution in [0.5, 0.6) is 5.75 Å². The molecule has 2 aromatic rings. The second kappa shape index (κ2) is 6.05. The molecule has 0 N–H and O–H groups in total. The molecule has 1 aliphatic rings. The summed E-state index contributed by atoms with van der Waals surface area (Å²) >= 11 is 0. The van der Waals surface area contributed by atoms with Crippen LogP contribution >= 0.6 is 0 Å². The van der Waals surface area contributed by atoms with E-state index in [1.807, 2.05) is 30.3 Å². The quantitative estimate of drug-likeness (QED) is 0.639. The van der Waals surface area contributed by atoms with Gasteiger partial charge in [-0.15, -0.1) is 0 Å². The Morgan fingerprint density at radius 1 is 1.18 bits per heavy atom. The number of nitro groups is 1. The van der Waals surface area contributed by atoms with Crippen LogP contribution in [0.15, 0.2) is 48.5 Å². The zero-order valence-electron chi connectivity index (χ0n) is 12.4. The largest absolute Gasteiger partial charge is 0.496 e. The second-order valence-corrected chi connectivity index (χ2v) is 5.45. The highest BCUT2D eigenvalue weighted by molar-refractivity contribution is 5.52. The van der Waals surface area contributed by atoms with Crippen molar-refractivity contribution in [3.63, 3.8) is 0 Å². The molecule has 114 valence electrons. The molecule has 1 saturated heterocycles. The number of nitro benzene ring substituents is 1. The number of hydrogen-bond donors (Lipinski definition) is 0. The number of anilines is 1. The van der Waals surface area contributed by atoms with Gasteiger partial charge in [-0.1, -0.05) is 18.2 Å². The Labute approximate surface area is 129 Å². The molecule has 1 aliphatic heterocycles. The SMILES string of the molecule is COc1ccccc1C1CCN(c2ccc([N+](=O)[O-])cc2)C1. The van der Waals surface area contributed by atoms with Crippen LogP contribution in [-0.2, 0) is 0 Å². The fraction of sp³-hybridized carbons (Fsp3) is 0.294. The third-order valence-electron chi connectivity index (χ3n) is 4.19. The molecule has 0 bridgehead atoms. The normalized spacial score (nSPS) is 17.5. The van der Waals surface area contributed by atoms with Crippen LogP contribution in [0.1, 0.15) is 17.9 Å². The lowest BCUT2D eigenvalue weighted by molar-refractivity contribution is -0.384. The molecule has 0 aromatic heterocycles. The molecule has 2 aromatic carbocycles. The minimum absolute atomic E-state index is 0.129. The summed E-state index contributed by atoms with van der Waals surface area (Å²) < 4.78 is 5.45. The summed E-state index contributed by atoms with van der Waals surface area (Å²) in [6.07, 6.45) is 1.05. The average molecular weight is 298 g/mol. The first kappa shape index (κ1) is 14.4. The molecule has 1 heterocycles. The summed E-state index contributed by atoms with van der Waals surface area (Å²) in [5, 5.41) is 10.7. The van der Waals surface area contributed by atoms with E-state index in [1.165, 1.54) is 5.56 Å². The fourth-order valence-electron chi connectivity index (χ4n) is 3.04. The second-order valence-electron chi connectivity index (χ2n) is 5.45. The molecule has 0 aliphatic carbocycles. The minimum atomic E-state index is -0.370. The smallest absolute Gasteiger partial charge is 0.269 e. The monoisotopic (exact) mass is 298 g/mol. The first-order chi connectivity index (χ1) is 10.7. The zero-order valence-corrected chi connectivity index (χ0v) is 12.4. The van der Waals surface area contributed by atoms with Gasteiger partial charge in [0, 0.05) is 36.8 Å². The molecule has 1 unspecified atom stereocenters. The van der Waals surface area contributed by atoms with Gasteiger partial charge in [0.15, 0.2) is 0 Å². The molecule has 1 atom stereocenters. The highest BCUT2D eigenvalue weighted by Crippen LogP contribution is 2.35. The first-order valence-corrected chi connectivity index (χ1v) is 7.31. The van der Waals surface area contributed by atoms with E-state index in [4.69, 9.17) is 4.74 Å². The van der Waals surface area contributed by atoms with Crippen molar-refractivity contribution in [2.75, 3.05) is 25.1 Å². The maximum Gasteiger partial charge on any atom is 0.269 e. The lowest BCUT2D eigenvalue weighted by Crippen LogP contribution is -2.19. The van der Waals surface area contributed by atoms with Crippen molar-refractivity contribution < 1.29 is 9.66 Å². The Bertz CT molecular complexity index is 670. The molecule has 1 fully saturated rings. The van der Waals surface area contributed by atoms with Crippen molar-refractivity contribution in [3.05, 3.63) is 64.2 Å². The highest BCUT2D eigenvalue weighted by atomic mass is 16.6. The van der Waals surface area contributed by atoms with E-state index < -0.39 is 0 Å². The number of para-hydroxylation sites is 1. The van der Waals surface area contributed by atoms with Crippen molar-refractivity contribution in [3.8, 4) is 5.75 Å². The van der Waals surface area contributed by atoms with E-state index in [9.17, 15) is 10.1 Å². The molecule has 0 radical (unpaired) electrons. The lowest BCUT2D eigenvalue weighted by Gasteiger charge is -2.19. The predicted octanol–water partition coefficient (Wildman–Crippen LogP) is 3.60. The first-order valence-electron chi connectivity index (χ1n) is 7.31. The van der Waals surface area contributed by atoms with Gasteiger partial charge in [0.2, 0.25) is 0 Å². The number of ether oxygens (including phenoxy) is 1. The maximum absolute atomic E-state index is 10.7. The number of methoxy groups -OCH3 is 1. The van der Waals surface area contributed by atoms with Crippen LogP contribution in [0, 0.1) is 10.1 Å². The zero-order chi connectivity index (χ0) is 15.5. The van der Waals surface area contributed by atoms with Crippen molar-refractivity contribution in [2.45, 2.75) is 12.3 Å². The van der Waals surface area contributed by atoms with E-state index in [1.54, 1.807) is 19.2 Å². The third kappa shape index (κ3) is 2.74. The summed E-state index contributed by atoms with van der Waals surface area (Å²) in [7, 11) is 1.70. The van der Waals surface area contributed by atoms with E-state index in [2.05, 4.69) is 11.0 Å². The Kier molecular flexibility index (Phi) is 3.96. The van der Waals surface area contributed by atoms with Gasteiger partial charge >= 0.3 is 0 Å². The fourth-order valence-corrected chi connectivity index (χ4v) is 3.04. The molecular formula is C17H18N2O3. The van der Waals surface area contributed by atoms with Crippen molar-refractivity contribution >= 4 is 11.4 Å².